The summed E-state index contributed by atoms with van der Waals surface area (Å²) < 4.78 is 2.32. The van der Waals surface area contributed by atoms with Gasteiger partial charge in [0.15, 0.2) is 0 Å². The van der Waals surface area contributed by atoms with Gasteiger partial charge in [0.05, 0.1) is 17.6 Å². The monoisotopic (exact) mass is 260 g/mol. The first-order valence-electron chi connectivity index (χ1n) is 6.68. The van der Waals surface area contributed by atoms with Crippen LogP contribution < -0.4 is 5.73 Å². The fourth-order valence-electron chi connectivity index (χ4n) is 2.44. The van der Waals surface area contributed by atoms with Gasteiger partial charge in [-0.05, 0) is 52.6 Å². The fraction of sp³-hybridized carbons (Fsp3) is 0.533. The van der Waals surface area contributed by atoms with Crippen molar-refractivity contribution in [2.75, 3.05) is 14.1 Å². The van der Waals surface area contributed by atoms with Crippen molar-refractivity contribution in [3.63, 3.8) is 0 Å². The summed E-state index contributed by atoms with van der Waals surface area (Å²) in [7, 11) is 4.13. The molecule has 1 aromatic heterocycles. The van der Waals surface area contributed by atoms with E-state index in [1.54, 1.807) is 0 Å². The molecule has 2 aromatic rings. The molecule has 4 heteroatoms. The molecule has 104 valence electrons. The summed E-state index contributed by atoms with van der Waals surface area (Å²) in [6.45, 7) is 8.03. The van der Waals surface area contributed by atoms with Crippen molar-refractivity contribution in [2.24, 2.45) is 5.73 Å². The van der Waals surface area contributed by atoms with Crippen LogP contribution in [-0.2, 0) is 18.6 Å². The van der Waals surface area contributed by atoms with Crippen molar-refractivity contribution in [3.05, 3.63) is 29.6 Å². The highest BCUT2D eigenvalue weighted by atomic mass is 15.2. The van der Waals surface area contributed by atoms with E-state index in [0.29, 0.717) is 6.54 Å². The summed E-state index contributed by atoms with van der Waals surface area (Å²) in [5.41, 5.74) is 9.07. The molecule has 0 unspecified atom stereocenters. The quantitative estimate of drug-likeness (QED) is 0.921. The van der Waals surface area contributed by atoms with Gasteiger partial charge < -0.3 is 15.2 Å². The van der Waals surface area contributed by atoms with Crippen molar-refractivity contribution < 1.29 is 0 Å². The average Bonchev–Trinajstić information content (AvgIpc) is 2.63. The maximum atomic E-state index is 5.71. The number of nitrogens with two attached hydrogens (primary N) is 1. The number of aromatic nitrogens is 2. The van der Waals surface area contributed by atoms with Crippen LogP contribution >= 0.6 is 0 Å². The molecule has 0 saturated heterocycles. The van der Waals surface area contributed by atoms with E-state index in [-0.39, 0.29) is 5.54 Å². The number of benzene rings is 1. The molecule has 0 saturated carbocycles. The van der Waals surface area contributed by atoms with Gasteiger partial charge in [0.2, 0.25) is 0 Å². The van der Waals surface area contributed by atoms with Crippen LogP contribution in [0.2, 0.25) is 0 Å². The van der Waals surface area contributed by atoms with Crippen LogP contribution in [0.3, 0.4) is 0 Å². The lowest BCUT2D eigenvalue weighted by molar-refractivity contribution is 0.340. The van der Waals surface area contributed by atoms with E-state index >= 15 is 0 Å². The molecule has 0 atom stereocenters. The molecule has 0 aliphatic rings. The molecule has 0 bridgehead atoms. The minimum absolute atomic E-state index is 0.0182. The van der Waals surface area contributed by atoms with Gasteiger partial charge in [0.1, 0.15) is 5.82 Å². The van der Waals surface area contributed by atoms with E-state index in [9.17, 15) is 0 Å². The molecule has 1 aromatic carbocycles. The largest absolute Gasteiger partial charge is 0.326 e. The summed E-state index contributed by atoms with van der Waals surface area (Å²) in [5.74, 6) is 1.10. The van der Waals surface area contributed by atoms with Gasteiger partial charge in [-0.1, -0.05) is 6.07 Å². The Hall–Kier alpha value is -1.39. The van der Waals surface area contributed by atoms with Crippen LogP contribution in [0.4, 0.5) is 0 Å². The van der Waals surface area contributed by atoms with Gasteiger partial charge in [-0.2, -0.15) is 0 Å². The Labute approximate surface area is 115 Å². The van der Waals surface area contributed by atoms with Crippen molar-refractivity contribution in [1.82, 2.24) is 14.5 Å². The molecule has 0 aliphatic carbocycles. The minimum Gasteiger partial charge on any atom is -0.326 e. The Balaban J connectivity index is 2.65. The Morgan fingerprint density at radius 1 is 1.26 bits per heavy atom. The molecule has 0 spiro atoms. The van der Waals surface area contributed by atoms with Crippen LogP contribution in [0.25, 0.3) is 11.0 Å². The third kappa shape index (κ3) is 2.80. The second-order valence-electron chi connectivity index (χ2n) is 6.30. The van der Waals surface area contributed by atoms with E-state index in [1.165, 1.54) is 5.52 Å². The summed E-state index contributed by atoms with van der Waals surface area (Å²) >= 11 is 0. The number of nitrogens with zero attached hydrogens (tertiary/aromatic N) is 3. The maximum absolute atomic E-state index is 5.71. The lowest BCUT2D eigenvalue weighted by atomic mass is 10.1. The maximum Gasteiger partial charge on any atom is 0.124 e. The molecule has 0 amide bonds. The zero-order valence-electron chi connectivity index (χ0n) is 12.6. The summed E-state index contributed by atoms with van der Waals surface area (Å²) in [4.78, 5) is 6.94. The van der Waals surface area contributed by atoms with Gasteiger partial charge >= 0.3 is 0 Å². The second kappa shape index (κ2) is 4.94. The minimum atomic E-state index is 0.0182. The zero-order chi connectivity index (χ0) is 14.2. The highest BCUT2D eigenvalue weighted by Gasteiger charge is 2.21. The van der Waals surface area contributed by atoms with Gasteiger partial charge in [-0.25, -0.2) is 4.98 Å². The molecule has 2 rings (SSSR count). The van der Waals surface area contributed by atoms with E-state index in [0.717, 1.165) is 23.4 Å². The van der Waals surface area contributed by atoms with Crippen LogP contribution in [0, 0.1) is 0 Å². The SMILES string of the molecule is CN(C)Cc1nc2cc(CN)ccc2n1C(C)(C)C. The smallest absolute Gasteiger partial charge is 0.124 e. The van der Waals surface area contributed by atoms with Crippen LogP contribution in [0.15, 0.2) is 18.2 Å². The van der Waals surface area contributed by atoms with Gasteiger partial charge in [-0.3, -0.25) is 0 Å². The predicted molar refractivity (Wildman–Crippen MR) is 80.0 cm³/mol. The molecule has 1 heterocycles. The summed E-state index contributed by atoms with van der Waals surface area (Å²) in [6, 6.07) is 6.32. The van der Waals surface area contributed by atoms with Crippen LogP contribution in [-0.4, -0.2) is 28.5 Å². The molecule has 0 fully saturated rings. The van der Waals surface area contributed by atoms with E-state index in [4.69, 9.17) is 10.7 Å². The Bertz CT molecular complexity index is 576. The lowest BCUT2D eigenvalue weighted by Gasteiger charge is -2.25. The Morgan fingerprint density at radius 2 is 1.95 bits per heavy atom. The van der Waals surface area contributed by atoms with Gasteiger partial charge in [-0.15, -0.1) is 0 Å². The van der Waals surface area contributed by atoms with Gasteiger partial charge in [0.25, 0.3) is 0 Å². The van der Waals surface area contributed by atoms with Crippen LogP contribution in [0.5, 0.6) is 0 Å². The molecule has 2 N–H and O–H groups in total. The first-order chi connectivity index (χ1) is 8.82. The molecule has 19 heavy (non-hydrogen) atoms. The molecule has 0 radical (unpaired) electrons. The third-order valence-corrected chi connectivity index (χ3v) is 3.15. The first-order valence-corrected chi connectivity index (χ1v) is 6.68. The predicted octanol–water partition coefficient (Wildman–Crippen LogP) is 2.31. The highest BCUT2D eigenvalue weighted by molar-refractivity contribution is 5.77. The Morgan fingerprint density at radius 3 is 2.47 bits per heavy atom. The average molecular weight is 260 g/mol. The van der Waals surface area contributed by atoms with E-state index in [1.807, 2.05) is 0 Å². The molecule has 4 nitrogen and oxygen atoms in total. The Kier molecular flexibility index (Phi) is 3.65. The van der Waals surface area contributed by atoms with Crippen molar-refractivity contribution in [2.45, 2.75) is 39.4 Å². The number of hydrogen-bond acceptors (Lipinski definition) is 3. The second-order valence-corrected chi connectivity index (χ2v) is 6.30. The first kappa shape index (κ1) is 14.0. The standard InChI is InChI=1S/C15H24N4/c1-15(2,3)19-13-7-6-11(9-16)8-12(13)17-14(19)10-18(4)5/h6-8H,9-10,16H2,1-5H3. The van der Waals surface area contributed by atoms with E-state index in [2.05, 4.69) is 62.5 Å². The van der Waals surface area contributed by atoms with Crippen LogP contribution in [0.1, 0.15) is 32.2 Å². The third-order valence-electron chi connectivity index (χ3n) is 3.15. The number of hydrogen-bond donors (Lipinski definition) is 1. The molecule has 0 aliphatic heterocycles. The van der Waals surface area contributed by atoms with Crippen molar-refractivity contribution >= 4 is 11.0 Å². The number of fused-ring (bicyclic) bond motifs is 1. The lowest BCUT2D eigenvalue weighted by Crippen LogP contribution is -2.26. The van der Waals surface area contributed by atoms with Crippen molar-refractivity contribution in [1.29, 1.82) is 0 Å². The van der Waals surface area contributed by atoms with Gasteiger partial charge in [0, 0.05) is 12.1 Å². The number of imidazole rings is 1. The normalized spacial score (nSPS) is 12.6. The highest BCUT2D eigenvalue weighted by Crippen LogP contribution is 2.26. The zero-order valence-corrected chi connectivity index (χ0v) is 12.6. The fourth-order valence-corrected chi connectivity index (χ4v) is 2.44. The summed E-state index contributed by atoms with van der Waals surface area (Å²) in [6.07, 6.45) is 0. The summed E-state index contributed by atoms with van der Waals surface area (Å²) in [5, 5.41) is 0. The topological polar surface area (TPSA) is 47.1 Å². The van der Waals surface area contributed by atoms with Crippen molar-refractivity contribution in [3.8, 4) is 0 Å². The van der Waals surface area contributed by atoms with E-state index < -0.39 is 0 Å². The molecular formula is C15H24N4. The molecular weight excluding hydrogens is 236 g/mol. The number of rotatable bonds is 3.